The number of rotatable bonds is 3. The van der Waals surface area contributed by atoms with Crippen LogP contribution in [-0.2, 0) is 6.42 Å². The van der Waals surface area contributed by atoms with Crippen molar-refractivity contribution in [2.45, 2.75) is 20.3 Å². The lowest BCUT2D eigenvalue weighted by Crippen LogP contribution is -2.12. The van der Waals surface area contributed by atoms with Crippen LogP contribution in [0, 0.1) is 16.0 Å². The molecule has 0 amide bonds. The maximum Gasteiger partial charge on any atom is 0.271 e. The second-order valence-electron chi connectivity index (χ2n) is 2.81. The zero-order chi connectivity index (χ0) is 9.14. The summed E-state index contributed by atoms with van der Waals surface area (Å²) >= 11 is 0. The molecule has 0 aliphatic rings. The molecule has 0 aliphatic heterocycles. The fraction of sp³-hybridized carbons (Fsp3) is 0.800. The van der Waals surface area contributed by atoms with Gasteiger partial charge in [0.1, 0.15) is 5.21 Å². The third kappa shape index (κ3) is 1.97. The normalized spacial score (nSPS) is 10.6. The first kappa shape index (κ1) is 8.57. The Labute approximate surface area is 68.5 Å². The van der Waals surface area contributed by atoms with Gasteiger partial charge in [-0.1, -0.05) is 13.8 Å². The molecule has 0 bridgehead atoms. The van der Waals surface area contributed by atoms with E-state index >= 15 is 0 Å². The van der Waals surface area contributed by atoms with E-state index in [9.17, 15) is 10.1 Å². The van der Waals surface area contributed by atoms with Gasteiger partial charge in [-0.05, 0) is 11.0 Å². The Morgan fingerprint density at radius 1 is 1.67 bits per heavy atom. The largest absolute Gasteiger partial charge is 0.372 e. The summed E-state index contributed by atoms with van der Waals surface area (Å²) in [6, 6.07) is 0. The Bertz CT molecular complexity index is 281. The molecule has 1 aromatic heterocycles. The molecule has 0 spiro atoms. The van der Waals surface area contributed by atoms with Crippen molar-refractivity contribution in [3.05, 3.63) is 15.9 Å². The Kier molecular flexibility index (Phi) is 2.32. The topological polar surface area (TPSA) is 86.7 Å². The Morgan fingerprint density at radius 3 is 2.75 bits per heavy atom. The van der Waals surface area contributed by atoms with Gasteiger partial charge in [0.2, 0.25) is 0 Å². The fourth-order valence-electron chi connectivity index (χ4n) is 0.751. The predicted molar refractivity (Wildman–Crippen MR) is 38.8 cm³/mol. The summed E-state index contributed by atoms with van der Waals surface area (Å²) in [6.07, 6.45) is 0.605. The van der Waals surface area contributed by atoms with Crippen molar-refractivity contribution < 1.29 is 5.03 Å². The van der Waals surface area contributed by atoms with E-state index in [1.165, 1.54) is 0 Å². The van der Waals surface area contributed by atoms with Gasteiger partial charge in [0.25, 0.3) is 5.82 Å². The van der Waals surface area contributed by atoms with Gasteiger partial charge in [-0.15, -0.1) is 0 Å². The van der Waals surface area contributed by atoms with Crippen LogP contribution in [0.2, 0.25) is 0 Å². The Balaban J connectivity index is 2.71. The van der Waals surface area contributed by atoms with Crippen LogP contribution in [0.25, 0.3) is 0 Å². The number of nitrogens with zero attached hydrogens (tertiary/aromatic N) is 5. The molecule has 0 aromatic carbocycles. The molecule has 0 saturated heterocycles. The first-order valence-electron chi connectivity index (χ1n) is 3.53. The van der Waals surface area contributed by atoms with Crippen molar-refractivity contribution >= 4 is 0 Å². The van der Waals surface area contributed by atoms with Crippen LogP contribution in [0.15, 0.2) is 0 Å². The van der Waals surface area contributed by atoms with Crippen LogP contribution in [-0.4, -0.2) is 25.3 Å². The van der Waals surface area contributed by atoms with Crippen molar-refractivity contribution in [2.24, 2.45) is 5.92 Å². The molecule has 66 valence electrons. The number of tetrazole rings is 1. The first-order chi connectivity index (χ1) is 5.59. The van der Waals surface area contributed by atoms with Gasteiger partial charge in [0, 0.05) is 16.6 Å². The molecule has 0 radical (unpaired) electrons. The molecule has 12 heavy (non-hydrogen) atoms. The monoisotopic (exact) mass is 171 g/mol. The van der Waals surface area contributed by atoms with Crippen molar-refractivity contribution in [3.63, 3.8) is 0 Å². The van der Waals surface area contributed by atoms with Gasteiger partial charge < -0.3 is 10.1 Å². The molecule has 7 nitrogen and oxygen atoms in total. The standard InChI is InChI=1S/C5H9N5O2/c1-4(2)3-5-6-8-9(7-5)10(11)12/h4H,3H2,1-2H3. The molecule has 0 N–H and O–H groups in total. The van der Waals surface area contributed by atoms with E-state index in [2.05, 4.69) is 15.4 Å². The van der Waals surface area contributed by atoms with Crippen molar-refractivity contribution in [1.82, 2.24) is 20.3 Å². The lowest BCUT2D eigenvalue weighted by atomic mass is 10.1. The molecule has 7 heteroatoms. The van der Waals surface area contributed by atoms with Crippen LogP contribution in [0.4, 0.5) is 0 Å². The molecule has 1 heterocycles. The zero-order valence-electron chi connectivity index (χ0n) is 6.84. The average molecular weight is 171 g/mol. The number of nitro groups is 1. The maximum absolute atomic E-state index is 10.1. The minimum absolute atomic E-state index is 0.370. The summed E-state index contributed by atoms with van der Waals surface area (Å²) in [7, 11) is 0. The van der Waals surface area contributed by atoms with Crippen molar-refractivity contribution in [2.75, 3.05) is 0 Å². The summed E-state index contributed by atoms with van der Waals surface area (Å²) in [5.74, 6) is 0.774. The van der Waals surface area contributed by atoms with Crippen LogP contribution in [0.1, 0.15) is 19.7 Å². The second kappa shape index (κ2) is 3.24. The van der Waals surface area contributed by atoms with Crippen LogP contribution in [0.5, 0.6) is 0 Å². The lowest BCUT2D eigenvalue weighted by Gasteiger charge is -1.93. The maximum atomic E-state index is 10.1. The molecule has 0 atom stereocenters. The molecular formula is C5H9N5O2. The highest BCUT2D eigenvalue weighted by atomic mass is 16.7. The minimum atomic E-state index is -0.725. The molecule has 1 aromatic rings. The zero-order valence-corrected chi connectivity index (χ0v) is 6.84. The van der Waals surface area contributed by atoms with E-state index in [1.807, 2.05) is 13.8 Å². The van der Waals surface area contributed by atoms with E-state index in [1.54, 1.807) is 0 Å². The number of hydrogen-bond acceptors (Lipinski definition) is 5. The van der Waals surface area contributed by atoms with E-state index in [0.29, 0.717) is 23.1 Å². The molecule has 0 aliphatic carbocycles. The fourth-order valence-corrected chi connectivity index (χ4v) is 0.751. The van der Waals surface area contributed by atoms with Gasteiger partial charge >= 0.3 is 0 Å². The molecule has 1 rings (SSSR count). The lowest BCUT2D eigenvalue weighted by molar-refractivity contribution is -0.564. The van der Waals surface area contributed by atoms with E-state index in [-0.39, 0.29) is 0 Å². The van der Waals surface area contributed by atoms with Crippen LogP contribution >= 0.6 is 0 Å². The van der Waals surface area contributed by atoms with E-state index in [4.69, 9.17) is 0 Å². The Morgan fingerprint density at radius 2 is 2.33 bits per heavy atom. The van der Waals surface area contributed by atoms with Gasteiger partial charge in [0.15, 0.2) is 4.91 Å². The summed E-state index contributed by atoms with van der Waals surface area (Å²) < 4.78 is 0. The summed E-state index contributed by atoms with van der Waals surface area (Å²) in [6.45, 7) is 3.96. The smallest absolute Gasteiger partial charge is 0.271 e. The van der Waals surface area contributed by atoms with Gasteiger partial charge in [-0.25, -0.2) is 0 Å². The third-order valence-corrected chi connectivity index (χ3v) is 1.18. The van der Waals surface area contributed by atoms with Gasteiger partial charge in [0.05, 0.1) is 0 Å². The molecular weight excluding hydrogens is 162 g/mol. The third-order valence-electron chi connectivity index (χ3n) is 1.18. The Hall–Kier alpha value is -1.53. The predicted octanol–water partition coefficient (Wildman–Crippen LogP) is -0.0886. The molecule has 0 fully saturated rings. The highest BCUT2D eigenvalue weighted by Gasteiger charge is 2.13. The van der Waals surface area contributed by atoms with Crippen molar-refractivity contribution in [3.8, 4) is 0 Å². The van der Waals surface area contributed by atoms with Crippen molar-refractivity contribution in [1.29, 1.82) is 0 Å². The first-order valence-corrected chi connectivity index (χ1v) is 3.53. The highest BCUT2D eigenvalue weighted by molar-refractivity contribution is 4.77. The minimum Gasteiger partial charge on any atom is -0.372 e. The SMILES string of the molecule is CC(C)Cc1nnn([N+](=O)[O-])n1. The number of hydrogen-bond donors (Lipinski definition) is 0. The summed E-state index contributed by atoms with van der Waals surface area (Å²) in [5.41, 5.74) is 0. The molecule has 0 unspecified atom stereocenters. The van der Waals surface area contributed by atoms with E-state index in [0.717, 1.165) is 0 Å². The summed E-state index contributed by atoms with van der Waals surface area (Å²) in [4.78, 5) is 10.5. The van der Waals surface area contributed by atoms with Gasteiger partial charge in [-0.2, -0.15) is 0 Å². The van der Waals surface area contributed by atoms with Gasteiger partial charge in [-0.3, -0.25) is 0 Å². The quantitative estimate of drug-likeness (QED) is 0.468. The second-order valence-corrected chi connectivity index (χ2v) is 2.81. The number of aromatic nitrogens is 4. The summed E-state index contributed by atoms with van der Waals surface area (Å²) in [5, 5.41) is 19.7. The molecule has 0 saturated carbocycles. The average Bonchev–Trinajstić information content (AvgIpc) is 2.34. The van der Waals surface area contributed by atoms with Crippen LogP contribution in [0.3, 0.4) is 0 Å². The highest BCUT2D eigenvalue weighted by Crippen LogP contribution is 1.99. The van der Waals surface area contributed by atoms with E-state index < -0.39 is 5.03 Å². The van der Waals surface area contributed by atoms with Crippen LogP contribution < -0.4 is 0 Å².